The Morgan fingerprint density at radius 3 is 2.50 bits per heavy atom. The Balaban J connectivity index is 1.43. The summed E-state index contributed by atoms with van der Waals surface area (Å²) in [5, 5.41) is 5.65. The van der Waals surface area contributed by atoms with Crippen molar-refractivity contribution in [1.29, 1.82) is 0 Å². The molecule has 2 aromatic rings. The second kappa shape index (κ2) is 9.38. The topological polar surface area (TPSA) is 87.7 Å². The van der Waals surface area contributed by atoms with E-state index >= 15 is 0 Å². The smallest absolute Gasteiger partial charge is 0.414 e. The van der Waals surface area contributed by atoms with Gasteiger partial charge in [0.25, 0.3) is 5.91 Å². The summed E-state index contributed by atoms with van der Waals surface area (Å²) in [4.78, 5) is 36.9. The van der Waals surface area contributed by atoms with Crippen molar-refractivity contribution >= 4 is 23.6 Å². The third kappa shape index (κ3) is 4.90. The fourth-order valence-corrected chi connectivity index (χ4v) is 4.14. The van der Waals surface area contributed by atoms with E-state index in [1.165, 1.54) is 17.9 Å². The molecule has 32 heavy (non-hydrogen) atoms. The van der Waals surface area contributed by atoms with Gasteiger partial charge in [-0.2, -0.15) is 0 Å². The summed E-state index contributed by atoms with van der Waals surface area (Å²) in [7, 11) is 0. The van der Waals surface area contributed by atoms with Crippen molar-refractivity contribution in [3.63, 3.8) is 0 Å². The van der Waals surface area contributed by atoms with Gasteiger partial charge in [-0.1, -0.05) is 25.0 Å². The van der Waals surface area contributed by atoms with Gasteiger partial charge in [0.2, 0.25) is 5.91 Å². The second-order valence-electron chi connectivity index (χ2n) is 8.25. The molecular weight excluding hydrogens is 413 g/mol. The van der Waals surface area contributed by atoms with E-state index in [0.29, 0.717) is 22.4 Å². The molecule has 1 saturated carbocycles. The van der Waals surface area contributed by atoms with E-state index in [1.54, 1.807) is 36.4 Å². The standard InChI is InChI=1S/C24H26FN3O4/c1-15(29)26-13-20-14-28(24(31)32-20)19-10-11-21(22(25)12-19)16-6-8-17(9-7-16)23(30)27-18-4-2-3-5-18/h6-12,18,20H,2-5,13-14H2,1H3,(H,26,29)(H,27,30)/t20-/m0/s1. The molecule has 8 heteroatoms. The van der Waals surface area contributed by atoms with E-state index in [4.69, 9.17) is 4.74 Å². The average Bonchev–Trinajstić information content (AvgIpc) is 3.41. The lowest BCUT2D eigenvalue weighted by atomic mass is 10.0. The van der Waals surface area contributed by atoms with Crippen molar-refractivity contribution in [3.05, 3.63) is 53.8 Å². The monoisotopic (exact) mass is 439 g/mol. The Morgan fingerprint density at radius 2 is 1.84 bits per heavy atom. The molecule has 0 spiro atoms. The van der Waals surface area contributed by atoms with Crippen molar-refractivity contribution in [3.8, 4) is 11.1 Å². The van der Waals surface area contributed by atoms with Crippen LogP contribution in [0.4, 0.5) is 14.9 Å². The van der Waals surface area contributed by atoms with Gasteiger partial charge in [-0.15, -0.1) is 0 Å². The highest BCUT2D eigenvalue weighted by Gasteiger charge is 2.32. The highest BCUT2D eigenvalue weighted by Crippen LogP contribution is 2.29. The zero-order valence-corrected chi connectivity index (χ0v) is 17.9. The number of carbonyl (C=O) groups is 3. The van der Waals surface area contributed by atoms with E-state index in [0.717, 1.165) is 25.7 Å². The minimum Gasteiger partial charge on any atom is -0.442 e. The number of ether oxygens (including phenoxy) is 1. The van der Waals surface area contributed by atoms with Crippen molar-refractivity contribution in [2.45, 2.75) is 44.8 Å². The summed E-state index contributed by atoms with van der Waals surface area (Å²) in [5.41, 5.74) is 1.94. The van der Waals surface area contributed by atoms with Gasteiger partial charge in [-0.25, -0.2) is 9.18 Å². The zero-order chi connectivity index (χ0) is 22.7. The molecule has 168 valence electrons. The maximum absolute atomic E-state index is 14.9. The Kier molecular flexibility index (Phi) is 6.39. The average molecular weight is 439 g/mol. The summed E-state index contributed by atoms with van der Waals surface area (Å²) >= 11 is 0. The van der Waals surface area contributed by atoms with Crippen molar-refractivity contribution in [2.24, 2.45) is 0 Å². The fraction of sp³-hybridized carbons (Fsp3) is 0.375. The van der Waals surface area contributed by atoms with Gasteiger partial charge in [-0.05, 0) is 48.7 Å². The molecule has 3 amide bonds. The lowest BCUT2D eigenvalue weighted by Crippen LogP contribution is -2.33. The summed E-state index contributed by atoms with van der Waals surface area (Å²) in [6, 6.07) is 11.6. The number of hydrogen-bond donors (Lipinski definition) is 2. The maximum Gasteiger partial charge on any atom is 0.414 e. The first-order valence-electron chi connectivity index (χ1n) is 10.8. The third-order valence-electron chi connectivity index (χ3n) is 5.87. The van der Waals surface area contributed by atoms with Crippen molar-refractivity contribution in [2.75, 3.05) is 18.0 Å². The van der Waals surface area contributed by atoms with Crippen LogP contribution in [-0.4, -0.2) is 43.1 Å². The van der Waals surface area contributed by atoms with Crippen LogP contribution in [0.2, 0.25) is 0 Å². The number of amides is 3. The minimum absolute atomic E-state index is 0.111. The molecule has 0 aromatic heterocycles. The van der Waals surface area contributed by atoms with Crippen LogP contribution in [0.25, 0.3) is 11.1 Å². The van der Waals surface area contributed by atoms with Gasteiger partial charge >= 0.3 is 6.09 Å². The van der Waals surface area contributed by atoms with Gasteiger partial charge in [0.05, 0.1) is 18.8 Å². The number of anilines is 1. The van der Waals surface area contributed by atoms with E-state index < -0.39 is 18.0 Å². The van der Waals surface area contributed by atoms with Gasteiger partial charge in [0.15, 0.2) is 0 Å². The number of hydrogen-bond acceptors (Lipinski definition) is 4. The Morgan fingerprint density at radius 1 is 1.12 bits per heavy atom. The van der Waals surface area contributed by atoms with Gasteiger partial charge in [0.1, 0.15) is 11.9 Å². The largest absolute Gasteiger partial charge is 0.442 e. The molecule has 1 atom stereocenters. The molecule has 2 aromatic carbocycles. The van der Waals surface area contributed by atoms with E-state index in [2.05, 4.69) is 10.6 Å². The molecule has 0 unspecified atom stereocenters. The number of benzene rings is 2. The van der Waals surface area contributed by atoms with Gasteiger partial charge in [-0.3, -0.25) is 14.5 Å². The molecule has 0 radical (unpaired) electrons. The molecule has 1 aliphatic heterocycles. The predicted molar refractivity (Wildman–Crippen MR) is 118 cm³/mol. The Hall–Kier alpha value is -3.42. The molecule has 4 rings (SSSR count). The number of carbonyl (C=O) groups excluding carboxylic acids is 3. The molecule has 1 aliphatic carbocycles. The molecule has 2 N–H and O–H groups in total. The molecule has 0 bridgehead atoms. The van der Waals surface area contributed by atoms with Crippen LogP contribution in [0, 0.1) is 5.82 Å². The maximum atomic E-state index is 14.9. The van der Waals surface area contributed by atoms with E-state index in [-0.39, 0.29) is 30.9 Å². The number of cyclic esters (lactones) is 1. The Labute approximate surface area is 185 Å². The quantitative estimate of drug-likeness (QED) is 0.720. The van der Waals surface area contributed by atoms with E-state index in [1.807, 2.05) is 0 Å². The number of nitrogens with one attached hydrogen (secondary N) is 2. The first-order valence-corrected chi connectivity index (χ1v) is 10.8. The summed E-state index contributed by atoms with van der Waals surface area (Å²) < 4.78 is 20.1. The second-order valence-corrected chi connectivity index (χ2v) is 8.25. The fourth-order valence-electron chi connectivity index (χ4n) is 4.14. The minimum atomic E-state index is -0.579. The molecule has 2 aliphatic rings. The van der Waals surface area contributed by atoms with Gasteiger partial charge < -0.3 is 15.4 Å². The third-order valence-corrected chi connectivity index (χ3v) is 5.87. The highest BCUT2D eigenvalue weighted by atomic mass is 19.1. The van der Waals surface area contributed by atoms with Crippen LogP contribution in [0.5, 0.6) is 0 Å². The van der Waals surface area contributed by atoms with Crippen LogP contribution in [-0.2, 0) is 9.53 Å². The van der Waals surface area contributed by atoms with Crippen molar-refractivity contribution in [1.82, 2.24) is 10.6 Å². The predicted octanol–water partition coefficient (Wildman–Crippen LogP) is 3.63. The number of halogens is 1. The van der Waals surface area contributed by atoms with Crippen LogP contribution >= 0.6 is 0 Å². The molecule has 7 nitrogen and oxygen atoms in total. The summed E-state index contributed by atoms with van der Waals surface area (Å²) in [6.07, 6.45) is 3.25. The van der Waals surface area contributed by atoms with E-state index in [9.17, 15) is 18.8 Å². The SMILES string of the molecule is CC(=O)NC[C@H]1CN(c2ccc(-c3ccc(C(=O)NC4CCCC4)cc3)c(F)c2)C(=O)O1. The molecule has 1 heterocycles. The van der Waals surface area contributed by atoms with Gasteiger partial charge in [0, 0.05) is 24.1 Å². The van der Waals surface area contributed by atoms with Crippen LogP contribution in [0.15, 0.2) is 42.5 Å². The van der Waals surface area contributed by atoms with Crippen LogP contribution < -0.4 is 15.5 Å². The summed E-state index contributed by atoms with van der Waals surface area (Å²) in [5.74, 6) is -0.804. The Bertz CT molecular complexity index is 1020. The van der Waals surface area contributed by atoms with Crippen molar-refractivity contribution < 1.29 is 23.5 Å². The molecule has 1 saturated heterocycles. The highest BCUT2D eigenvalue weighted by molar-refractivity contribution is 5.95. The molecular formula is C24H26FN3O4. The van der Waals surface area contributed by atoms with Crippen LogP contribution in [0.1, 0.15) is 43.0 Å². The summed E-state index contributed by atoms with van der Waals surface area (Å²) in [6.45, 7) is 1.82. The molecule has 2 fully saturated rings. The zero-order valence-electron chi connectivity index (χ0n) is 17.9. The lowest BCUT2D eigenvalue weighted by molar-refractivity contribution is -0.119. The van der Waals surface area contributed by atoms with Crippen LogP contribution in [0.3, 0.4) is 0 Å². The number of rotatable bonds is 6. The first-order chi connectivity index (χ1) is 15.4. The normalized spacial score (nSPS) is 18.5. The lowest BCUT2D eigenvalue weighted by Gasteiger charge is -2.15. The first kappa shape index (κ1) is 21.8. The number of nitrogens with zero attached hydrogens (tertiary/aromatic N) is 1.